The van der Waals surface area contributed by atoms with Crippen LogP contribution in [0.3, 0.4) is 0 Å². The van der Waals surface area contributed by atoms with E-state index in [-0.39, 0.29) is 12.0 Å². The zero-order valence-electron chi connectivity index (χ0n) is 19.9. The van der Waals surface area contributed by atoms with Gasteiger partial charge in [0, 0.05) is 42.3 Å². The van der Waals surface area contributed by atoms with Crippen LogP contribution in [0.25, 0.3) is 22.3 Å². The van der Waals surface area contributed by atoms with Gasteiger partial charge in [-0.15, -0.1) is 0 Å². The fourth-order valence-corrected chi connectivity index (χ4v) is 6.19. The van der Waals surface area contributed by atoms with Gasteiger partial charge < -0.3 is 19.2 Å². The first-order valence-corrected chi connectivity index (χ1v) is 12.4. The first kappa shape index (κ1) is 22.1. The molecule has 6 rings (SSSR count). The van der Waals surface area contributed by atoms with E-state index in [0.717, 1.165) is 79.1 Å². The van der Waals surface area contributed by atoms with Crippen LogP contribution in [-0.4, -0.2) is 55.4 Å². The number of nitriles is 1. The van der Waals surface area contributed by atoms with Gasteiger partial charge in [-0.05, 0) is 67.6 Å². The lowest BCUT2D eigenvalue weighted by atomic mass is 9.99. The predicted octanol–water partition coefficient (Wildman–Crippen LogP) is 4.51. The minimum atomic E-state index is -0.715. The van der Waals surface area contributed by atoms with Gasteiger partial charge >= 0.3 is 5.97 Å². The maximum Gasteiger partial charge on any atom is 0.307 e. The number of furan rings is 1. The molecular formula is C28H29N3O4. The molecule has 2 atom stereocenters. The third-order valence-corrected chi connectivity index (χ3v) is 8.02. The quantitative estimate of drug-likeness (QED) is 0.599. The minimum Gasteiger partial charge on any atom is -0.481 e. The normalized spacial score (nSPS) is 22.5. The fraction of sp³-hybridized carbons (Fsp3) is 0.429. The van der Waals surface area contributed by atoms with Crippen molar-refractivity contribution in [1.82, 2.24) is 4.90 Å². The molecular weight excluding hydrogens is 442 g/mol. The van der Waals surface area contributed by atoms with E-state index in [9.17, 15) is 15.2 Å². The summed E-state index contributed by atoms with van der Waals surface area (Å²) < 4.78 is 11.9. The van der Waals surface area contributed by atoms with E-state index < -0.39 is 5.97 Å². The number of hydrogen-bond acceptors (Lipinski definition) is 6. The molecule has 7 heteroatoms. The van der Waals surface area contributed by atoms with Gasteiger partial charge in [0.15, 0.2) is 5.58 Å². The third kappa shape index (κ3) is 3.69. The summed E-state index contributed by atoms with van der Waals surface area (Å²) >= 11 is 0. The van der Waals surface area contributed by atoms with Crippen LogP contribution in [-0.2, 0) is 16.0 Å². The number of rotatable bonds is 4. The summed E-state index contributed by atoms with van der Waals surface area (Å²) in [5, 5.41) is 20.5. The molecule has 3 aliphatic rings. The van der Waals surface area contributed by atoms with Crippen LogP contribution in [0.1, 0.15) is 41.1 Å². The van der Waals surface area contributed by atoms with E-state index >= 15 is 0 Å². The summed E-state index contributed by atoms with van der Waals surface area (Å²) in [5.41, 5.74) is 6.89. The van der Waals surface area contributed by atoms with Crippen molar-refractivity contribution >= 4 is 22.6 Å². The third-order valence-electron chi connectivity index (χ3n) is 8.02. The highest BCUT2D eigenvalue weighted by atomic mass is 16.5. The van der Waals surface area contributed by atoms with Crippen LogP contribution in [0.4, 0.5) is 5.69 Å². The second kappa shape index (κ2) is 8.71. The number of fused-ring (bicyclic) bond motifs is 2. The Morgan fingerprint density at radius 1 is 1.17 bits per heavy atom. The SMILES string of the molecule is Cc1c(-c2cc3cc4c(c(C#N)c3o2)CCC4N2CCC(C(=O)O)C2)cccc1N1CCOCC1. The Labute approximate surface area is 204 Å². The van der Waals surface area contributed by atoms with Crippen LogP contribution in [0, 0.1) is 24.2 Å². The van der Waals surface area contributed by atoms with Crippen molar-refractivity contribution in [2.24, 2.45) is 5.92 Å². The van der Waals surface area contributed by atoms with Gasteiger partial charge in [0.05, 0.1) is 24.7 Å². The van der Waals surface area contributed by atoms with Gasteiger partial charge in [-0.2, -0.15) is 5.26 Å². The molecule has 1 aliphatic carbocycles. The number of carboxylic acid groups (broad SMARTS) is 1. The van der Waals surface area contributed by atoms with E-state index in [1.165, 1.54) is 5.69 Å². The molecule has 1 aromatic heterocycles. The molecule has 3 aromatic rings. The molecule has 3 heterocycles. The number of carboxylic acids is 1. The van der Waals surface area contributed by atoms with Crippen molar-refractivity contribution in [2.45, 2.75) is 32.2 Å². The fourth-order valence-electron chi connectivity index (χ4n) is 6.19. The average molecular weight is 472 g/mol. The molecule has 2 fully saturated rings. The standard InChI is InChI=1S/C28H29N3O4/c1-17-20(3-2-4-24(17)30-9-11-34-12-10-30)26-14-19-13-22-21(23(15-29)27(19)35-26)5-6-25(22)31-8-7-18(16-31)28(32)33/h2-4,13-14,18,25H,5-12,16H2,1H3,(H,32,33). The monoisotopic (exact) mass is 471 g/mol. The Balaban J connectivity index is 1.39. The largest absolute Gasteiger partial charge is 0.481 e. The lowest BCUT2D eigenvalue weighted by Gasteiger charge is -2.30. The minimum absolute atomic E-state index is 0.163. The summed E-state index contributed by atoms with van der Waals surface area (Å²) in [6.45, 7) is 6.69. The first-order valence-electron chi connectivity index (χ1n) is 12.4. The van der Waals surface area contributed by atoms with Crippen LogP contribution in [0.15, 0.2) is 34.7 Å². The van der Waals surface area contributed by atoms with Gasteiger partial charge in [-0.1, -0.05) is 12.1 Å². The van der Waals surface area contributed by atoms with Gasteiger partial charge in [0.25, 0.3) is 0 Å². The van der Waals surface area contributed by atoms with Gasteiger partial charge in [-0.3, -0.25) is 9.69 Å². The van der Waals surface area contributed by atoms with Gasteiger partial charge in [0.1, 0.15) is 11.8 Å². The summed E-state index contributed by atoms with van der Waals surface area (Å²) in [6, 6.07) is 13.1. The average Bonchev–Trinajstić information content (AvgIpc) is 3.61. The van der Waals surface area contributed by atoms with Crippen molar-refractivity contribution in [3.63, 3.8) is 0 Å². The Morgan fingerprint density at radius 3 is 2.74 bits per heavy atom. The number of morpholine rings is 1. The molecule has 2 saturated heterocycles. The molecule has 0 bridgehead atoms. The zero-order valence-corrected chi connectivity index (χ0v) is 19.9. The van der Waals surface area contributed by atoms with Crippen molar-refractivity contribution < 1.29 is 19.1 Å². The van der Waals surface area contributed by atoms with E-state index in [2.05, 4.69) is 53.1 Å². The maximum atomic E-state index is 11.5. The molecule has 0 amide bonds. The molecule has 180 valence electrons. The van der Waals surface area contributed by atoms with Crippen LogP contribution in [0.5, 0.6) is 0 Å². The summed E-state index contributed by atoms with van der Waals surface area (Å²) in [6.07, 6.45) is 2.41. The lowest BCUT2D eigenvalue weighted by Crippen LogP contribution is -2.36. The van der Waals surface area contributed by atoms with Crippen LogP contribution < -0.4 is 4.90 Å². The van der Waals surface area contributed by atoms with Crippen molar-refractivity contribution in [3.8, 4) is 17.4 Å². The predicted molar refractivity (Wildman–Crippen MR) is 133 cm³/mol. The van der Waals surface area contributed by atoms with Crippen LogP contribution in [0.2, 0.25) is 0 Å². The molecule has 7 nitrogen and oxygen atoms in total. The highest BCUT2D eigenvalue weighted by Gasteiger charge is 2.37. The molecule has 2 aliphatic heterocycles. The molecule has 0 radical (unpaired) electrons. The second-order valence-electron chi connectivity index (χ2n) is 9.88. The highest BCUT2D eigenvalue weighted by Crippen LogP contribution is 2.44. The smallest absolute Gasteiger partial charge is 0.307 e. The van der Waals surface area contributed by atoms with Crippen LogP contribution >= 0.6 is 0 Å². The first-order chi connectivity index (χ1) is 17.0. The Morgan fingerprint density at radius 2 is 2.00 bits per heavy atom. The van der Waals surface area contributed by atoms with Gasteiger partial charge in [0.2, 0.25) is 0 Å². The Kier molecular flexibility index (Phi) is 5.51. The number of carbonyl (C=O) groups is 1. The molecule has 1 N–H and O–H groups in total. The number of anilines is 1. The molecule has 35 heavy (non-hydrogen) atoms. The van der Waals surface area contributed by atoms with E-state index in [1.54, 1.807) is 0 Å². The Hall–Kier alpha value is -3.34. The molecule has 0 saturated carbocycles. The lowest BCUT2D eigenvalue weighted by molar-refractivity contribution is -0.141. The maximum absolute atomic E-state index is 11.5. The number of hydrogen-bond donors (Lipinski definition) is 1. The number of nitrogens with zero attached hydrogens (tertiary/aromatic N) is 3. The van der Waals surface area contributed by atoms with E-state index in [4.69, 9.17) is 9.15 Å². The second-order valence-corrected chi connectivity index (χ2v) is 9.88. The van der Waals surface area contributed by atoms with Crippen molar-refractivity contribution in [1.29, 1.82) is 5.26 Å². The summed E-state index contributed by atoms with van der Waals surface area (Å²) in [4.78, 5) is 16.1. The molecule has 2 unspecified atom stereocenters. The van der Waals surface area contributed by atoms with E-state index in [0.29, 0.717) is 24.1 Å². The van der Waals surface area contributed by atoms with E-state index in [1.807, 2.05) is 0 Å². The Bertz CT molecular complexity index is 1350. The number of benzene rings is 2. The van der Waals surface area contributed by atoms with Gasteiger partial charge in [-0.25, -0.2) is 0 Å². The summed E-state index contributed by atoms with van der Waals surface area (Å²) in [7, 11) is 0. The zero-order chi connectivity index (χ0) is 24.1. The highest BCUT2D eigenvalue weighted by molar-refractivity contribution is 5.90. The summed E-state index contributed by atoms with van der Waals surface area (Å²) in [5.74, 6) is -0.245. The number of likely N-dealkylation sites (tertiary alicyclic amines) is 1. The molecule has 0 spiro atoms. The topological polar surface area (TPSA) is 89.9 Å². The van der Waals surface area contributed by atoms with Crippen molar-refractivity contribution in [3.05, 3.63) is 52.6 Å². The number of ether oxygens (including phenoxy) is 1. The number of aliphatic carboxylic acids is 1. The molecule has 2 aromatic carbocycles. The van der Waals surface area contributed by atoms with Crippen molar-refractivity contribution in [2.75, 3.05) is 44.3 Å².